The zero-order chi connectivity index (χ0) is 20.0. The van der Waals surface area contributed by atoms with Gasteiger partial charge in [-0.15, -0.1) is 24.0 Å². The van der Waals surface area contributed by atoms with E-state index in [2.05, 4.69) is 15.6 Å². The first-order valence-electron chi connectivity index (χ1n) is 9.15. The normalized spacial score (nSPS) is 16.8. The molecule has 1 aliphatic heterocycles. The maximum Gasteiger partial charge on any atom is 0.416 e. The molecule has 1 saturated heterocycles. The molecular formula is C20H25F3IN3O2. The van der Waals surface area contributed by atoms with Gasteiger partial charge in [0.1, 0.15) is 5.76 Å². The minimum absolute atomic E-state index is 0. The lowest BCUT2D eigenvalue weighted by molar-refractivity contribution is -0.137. The Kier molecular flexibility index (Phi) is 8.38. The second-order valence-corrected chi connectivity index (χ2v) is 6.83. The lowest BCUT2D eigenvalue weighted by Gasteiger charge is -2.38. The van der Waals surface area contributed by atoms with Gasteiger partial charge in [-0.1, -0.05) is 18.2 Å². The first kappa shape index (κ1) is 23.5. The van der Waals surface area contributed by atoms with Crippen LogP contribution in [0.15, 0.2) is 52.1 Å². The van der Waals surface area contributed by atoms with Crippen molar-refractivity contribution >= 4 is 29.9 Å². The SMILES string of the molecule is CN=C(NCc1ccco1)NCC1(c2cccc(C(F)(F)F)c2)CCOCC1.I. The molecule has 0 unspecified atom stereocenters. The molecule has 0 bridgehead atoms. The number of nitrogens with one attached hydrogen (secondary N) is 2. The maximum atomic E-state index is 13.2. The fraction of sp³-hybridized carbons (Fsp3) is 0.450. The van der Waals surface area contributed by atoms with E-state index < -0.39 is 17.2 Å². The van der Waals surface area contributed by atoms with E-state index in [0.717, 1.165) is 11.8 Å². The molecule has 0 spiro atoms. The molecule has 2 N–H and O–H groups in total. The fourth-order valence-electron chi connectivity index (χ4n) is 3.41. The number of rotatable bonds is 5. The Hall–Kier alpha value is -1.75. The third kappa shape index (κ3) is 6.11. The summed E-state index contributed by atoms with van der Waals surface area (Å²) in [6.45, 7) is 1.94. The predicted molar refractivity (Wildman–Crippen MR) is 115 cm³/mol. The van der Waals surface area contributed by atoms with Gasteiger partial charge in [-0.25, -0.2) is 0 Å². The van der Waals surface area contributed by atoms with Crippen molar-refractivity contribution in [3.8, 4) is 0 Å². The third-order valence-electron chi connectivity index (χ3n) is 5.08. The van der Waals surface area contributed by atoms with Gasteiger partial charge in [0.25, 0.3) is 0 Å². The van der Waals surface area contributed by atoms with E-state index >= 15 is 0 Å². The maximum absolute atomic E-state index is 13.2. The molecule has 0 radical (unpaired) electrons. The molecule has 2 heterocycles. The van der Waals surface area contributed by atoms with Crippen molar-refractivity contribution in [2.45, 2.75) is 31.0 Å². The zero-order valence-electron chi connectivity index (χ0n) is 16.1. The van der Waals surface area contributed by atoms with Crippen LogP contribution in [0.3, 0.4) is 0 Å². The second kappa shape index (κ2) is 10.3. The average molecular weight is 523 g/mol. The molecule has 160 valence electrons. The Balaban J connectivity index is 0.00000300. The van der Waals surface area contributed by atoms with Crippen LogP contribution in [0.5, 0.6) is 0 Å². The van der Waals surface area contributed by atoms with E-state index in [0.29, 0.717) is 50.7 Å². The minimum Gasteiger partial charge on any atom is -0.467 e. The Morgan fingerprint density at radius 2 is 1.90 bits per heavy atom. The van der Waals surface area contributed by atoms with Crippen molar-refractivity contribution in [2.24, 2.45) is 4.99 Å². The molecule has 0 atom stereocenters. The van der Waals surface area contributed by atoms with Gasteiger partial charge in [0.2, 0.25) is 0 Å². The van der Waals surface area contributed by atoms with Crippen LogP contribution < -0.4 is 10.6 Å². The Bertz CT molecular complexity index is 789. The fourth-order valence-corrected chi connectivity index (χ4v) is 3.41. The molecule has 9 heteroatoms. The Labute approximate surface area is 185 Å². The van der Waals surface area contributed by atoms with E-state index in [1.54, 1.807) is 25.4 Å². The van der Waals surface area contributed by atoms with Gasteiger partial charge in [0, 0.05) is 32.2 Å². The summed E-state index contributed by atoms with van der Waals surface area (Å²) in [6.07, 6.45) is -1.50. The van der Waals surface area contributed by atoms with E-state index in [9.17, 15) is 13.2 Å². The number of alkyl halides is 3. The zero-order valence-corrected chi connectivity index (χ0v) is 18.4. The van der Waals surface area contributed by atoms with Crippen molar-refractivity contribution in [3.05, 3.63) is 59.5 Å². The number of hydrogen-bond donors (Lipinski definition) is 2. The monoisotopic (exact) mass is 523 g/mol. The summed E-state index contributed by atoms with van der Waals surface area (Å²) in [4.78, 5) is 4.19. The molecule has 1 fully saturated rings. The number of ether oxygens (including phenoxy) is 1. The summed E-state index contributed by atoms with van der Waals surface area (Å²) in [5.41, 5.74) is -0.419. The Morgan fingerprint density at radius 1 is 1.14 bits per heavy atom. The highest BCUT2D eigenvalue weighted by Gasteiger charge is 2.37. The summed E-state index contributed by atoms with van der Waals surface area (Å²) >= 11 is 0. The van der Waals surface area contributed by atoms with Gasteiger partial charge in [-0.3, -0.25) is 4.99 Å². The van der Waals surface area contributed by atoms with Crippen molar-refractivity contribution in [1.82, 2.24) is 10.6 Å². The summed E-state index contributed by atoms with van der Waals surface area (Å²) < 4.78 is 50.3. The van der Waals surface area contributed by atoms with E-state index in [4.69, 9.17) is 9.15 Å². The number of aliphatic imine (C=N–C) groups is 1. The predicted octanol–water partition coefficient (Wildman–Crippen LogP) is 4.33. The first-order chi connectivity index (χ1) is 13.4. The smallest absolute Gasteiger partial charge is 0.416 e. The number of guanidine groups is 1. The van der Waals surface area contributed by atoms with Gasteiger partial charge >= 0.3 is 6.18 Å². The molecule has 1 aliphatic rings. The highest BCUT2D eigenvalue weighted by atomic mass is 127. The molecule has 29 heavy (non-hydrogen) atoms. The largest absolute Gasteiger partial charge is 0.467 e. The van der Waals surface area contributed by atoms with Crippen LogP contribution in [-0.2, 0) is 22.9 Å². The number of halogens is 4. The highest BCUT2D eigenvalue weighted by Crippen LogP contribution is 2.37. The topological polar surface area (TPSA) is 58.8 Å². The second-order valence-electron chi connectivity index (χ2n) is 6.83. The summed E-state index contributed by atoms with van der Waals surface area (Å²) in [5.74, 6) is 1.33. The van der Waals surface area contributed by atoms with Gasteiger partial charge in [-0.05, 0) is 36.6 Å². The quantitative estimate of drug-likeness (QED) is 0.348. The standard InChI is InChI=1S/C20H24F3N3O2.HI/c1-24-18(25-13-17-6-3-9-28-17)26-14-19(7-10-27-11-8-19)15-4-2-5-16(12-15)20(21,22)23;/h2-6,9,12H,7-8,10-11,13-14H2,1H3,(H2,24,25,26);1H. The molecule has 0 saturated carbocycles. The highest BCUT2D eigenvalue weighted by molar-refractivity contribution is 14.0. The molecule has 0 aliphatic carbocycles. The number of furan rings is 1. The van der Waals surface area contributed by atoms with Crippen molar-refractivity contribution in [1.29, 1.82) is 0 Å². The molecule has 1 aromatic heterocycles. The average Bonchev–Trinajstić information content (AvgIpc) is 3.22. The molecular weight excluding hydrogens is 498 g/mol. The van der Waals surface area contributed by atoms with Crippen LogP contribution in [0.2, 0.25) is 0 Å². The molecule has 1 aromatic carbocycles. The van der Waals surface area contributed by atoms with Gasteiger partial charge in [0.05, 0.1) is 18.4 Å². The number of nitrogens with zero attached hydrogens (tertiary/aromatic N) is 1. The molecule has 3 rings (SSSR count). The Morgan fingerprint density at radius 3 is 2.52 bits per heavy atom. The summed E-state index contributed by atoms with van der Waals surface area (Å²) in [7, 11) is 1.65. The van der Waals surface area contributed by atoms with Crippen LogP contribution in [-0.4, -0.2) is 32.8 Å². The van der Waals surface area contributed by atoms with Crippen LogP contribution in [0.4, 0.5) is 13.2 Å². The van der Waals surface area contributed by atoms with E-state index in [1.165, 1.54) is 12.1 Å². The van der Waals surface area contributed by atoms with Gasteiger partial charge in [-0.2, -0.15) is 13.2 Å². The van der Waals surface area contributed by atoms with Crippen molar-refractivity contribution < 1.29 is 22.3 Å². The lowest BCUT2D eigenvalue weighted by Crippen LogP contribution is -2.48. The van der Waals surface area contributed by atoms with Crippen LogP contribution in [0, 0.1) is 0 Å². The first-order valence-corrected chi connectivity index (χ1v) is 9.15. The van der Waals surface area contributed by atoms with Crippen molar-refractivity contribution in [2.75, 3.05) is 26.8 Å². The third-order valence-corrected chi connectivity index (χ3v) is 5.08. The minimum atomic E-state index is -4.36. The van der Waals surface area contributed by atoms with Gasteiger partial charge in [0.15, 0.2) is 5.96 Å². The van der Waals surface area contributed by atoms with Gasteiger partial charge < -0.3 is 19.8 Å². The van der Waals surface area contributed by atoms with Crippen LogP contribution in [0.1, 0.15) is 29.7 Å². The van der Waals surface area contributed by atoms with E-state index in [-0.39, 0.29) is 24.0 Å². The van der Waals surface area contributed by atoms with Crippen molar-refractivity contribution in [3.63, 3.8) is 0 Å². The lowest BCUT2D eigenvalue weighted by atomic mass is 9.73. The number of hydrogen-bond acceptors (Lipinski definition) is 3. The molecule has 2 aromatic rings. The number of benzene rings is 1. The molecule has 0 amide bonds. The summed E-state index contributed by atoms with van der Waals surface area (Å²) in [5, 5.41) is 6.41. The van der Waals surface area contributed by atoms with E-state index in [1.807, 2.05) is 6.07 Å². The van der Waals surface area contributed by atoms with Crippen LogP contribution in [0.25, 0.3) is 0 Å². The van der Waals surface area contributed by atoms with Crippen LogP contribution >= 0.6 is 24.0 Å². The summed E-state index contributed by atoms with van der Waals surface area (Å²) in [6, 6.07) is 9.25. The molecule has 5 nitrogen and oxygen atoms in total.